The van der Waals surface area contributed by atoms with E-state index in [0.29, 0.717) is 29.5 Å². The predicted molar refractivity (Wildman–Crippen MR) is 110 cm³/mol. The highest BCUT2D eigenvalue weighted by atomic mass is 35.5. The van der Waals surface area contributed by atoms with Crippen LogP contribution >= 0.6 is 11.6 Å². The fraction of sp³-hybridized carbons (Fsp3) is 0.650. The lowest BCUT2D eigenvalue weighted by Crippen LogP contribution is -2.55. The highest BCUT2D eigenvalue weighted by Gasteiger charge is 2.52. The van der Waals surface area contributed by atoms with E-state index in [1.165, 1.54) is 0 Å². The summed E-state index contributed by atoms with van der Waals surface area (Å²) in [7, 11) is 1.49. The van der Waals surface area contributed by atoms with Crippen molar-refractivity contribution in [3.63, 3.8) is 0 Å². The Bertz CT molecular complexity index is 813. The van der Waals surface area contributed by atoms with Crippen LogP contribution < -0.4 is 10.2 Å². The molecule has 152 valence electrons. The minimum atomic E-state index is -0.577. The van der Waals surface area contributed by atoms with Gasteiger partial charge in [0.05, 0.1) is 27.8 Å². The average molecular weight is 407 g/mol. The van der Waals surface area contributed by atoms with Crippen molar-refractivity contribution in [3.05, 3.63) is 22.2 Å². The Hall–Kier alpha value is -1.28. The summed E-state index contributed by atoms with van der Waals surface area (Å²) in [5.74, 6) is 0.437. The zero-order valence-corrected chi connectivity index (χ0v) is 18.2. The SMILES string of the molecule is Cc1c(B2OC(C)(C)C(C)(C)O2)cc2c(c1Cl)OC[C@H]1CN(C)CCN1C2=O. The summed E-state index contributed by atoms with van der Waals surface area (Å²) in [4.78, 5) is 17.5. The third-order valence-corrected chi connectivity index (χ3v) is 7.07. The summed E-state index contributed by atoms with van der Waals surface area (Å²) in [5, 5.41) is 0.462. The Morgan fingerprint density at radius 3 is 2.46 bits per heavy atom. The van der Waals surface area contributed by atoms with E-state index in [1.54, 1.807) is 0 Å². The fourth-order valence-corrected chi connectivity index (χ4v) is 4.28. The monoisotopic (exact) mass is 406 g/mol. The maximum Gasteiger partial charge on any atom is 0.495 e. The number of ether oxygens (including phenoxy) is 1. The van der Waals surface area contributed by atoms with Gasteiger partial charge >= 0.3 is 7.12 Å². The first-order valence-corrected chi connectivity index (χ1v) is 10.2. The summed E-state index contributed by atoms with van der Waals surface area (Å²) in [5.41, 5.74) is 1.17. The first-order chi connectivity index (χ1) is 13.0. The predicted octanol–water partition coefficient (Wildman–Crippen LogP) is 2.10. The Morgan fingerprint density at radius 2 is 1.82 bits per heavy atom. The van der Waals surface area contributed by atoms with E-state index in [9.17, 15) is 4.79 Å². The standard InChI is InChI=1S/C20H28BClN2O4/c1-12-15(21-27-19(2,3)20(4,5)28-21)9-14-17(16(12)22)26-11-13-10-23(6)7-8-24(13)18(14)25/h9,13H,7-8,10-11H2,1-6H3/t13-/m1/s1. The third kappa shape index (κ3) is 3.03. The number of rotatable bonds is 1. The molecule has 1 atom stereocenters. The zero-order chi connectivity index (χ0) is 20.4. The van der Waals surface area contributed by atoms with E-state index >= 15 is 0 Å². The van der Waals surface area contributed by atoms with Gasteiger partial charge in [-0.3, -0.25) is 4.79 Å². The first kappa shape index (κ1) is 20.0. The topological polar surface area (TPSA) is 51.2 Å². The van der Waals surface area contributed by atoms with Gasteiger partial charge in [0, 0.05) is 19.6 Å². The van der Waals surface area contributed by atoms with Gasteiger partial charge in [-0.05, 0) is 58.8 Å². The van der Waals surface area contributed by atoms with Crippen molar-refractivity contribution >= 4 is 30.1 Å². The van der Waals surface area contributed by atoms with Crippen LogP contribution in [0.3, 0.4) is 0 Å². The quantitative estimate of drug-likeness (QED) is 0.669. The van der Waals surface area contributed by atoms with Gasteiger partial charge in [-0.25, -0.2) is 0 Å². The lowest BCUT2D eigenvalue weighted by atomic mass is 9.75. The van der Waals surface area contributed by atoms with Crippen molar-refractivity contribution in [2.24, 2.45) is 0 Å². The first-order valence-electron chi connectivity index (χ1n) is 9.83. The molecular formula is C20H28BClN2O4. The van der Waals surface area contributed by atoms with Crippen LogP contribution in [-0.2, 0) is 9.31 Å². The van der Waals surface area contributed by atoms with Crippen LogP contribution in [0, 0.1) is 6.92 Å². The molecular weight excluding hydrogens is 378 g/mol. The number of piperazine rings is 1. The molecule has 0 saturated carbocycles. The minimum Gasteiger partial charge on any atom is -0.489 e. The van der Waals surface area contributed by atoms with Crippen LogP contribution in [0.5, 0.6) is 5.75 Å². The average Bonchev–Trinajstić information content (AvgIpc) is 2.73. The Morgan fingerprint density at radius 1 is 1.18 bits per heavy atom. The molecule has 0 aliphatic carbocycles. The minimum absolute atomic E-state index is 0.0234. The summed E-state index contributed by atoms with van der Waals surface area (Å²) in [6, 6.07) is 1.87. The maximum absolute atomic E-state index is 13.4. The molecule has 3 aliphatic rings. The number of amides is 1. The van der Waals surface area contributed by atoms with Gasteiger partial charge in [0.15, 0.2) is 5.75 Å². The van der Waals surface area contributed by atoms with Crippen molar-refractivity contribution in [3.8, 4) is 5.75 Å². The Balaban J connectivity index is 1.75. The molecule has 0 aromatic heterocycles. The van der Waals surface area contributed by atoms with E-state index in [1.807, 2.05) is 45.6 Å². The maximum atomic E-state index is 13.4. The summed E-state index contributed by atoms with van der Waals surface area (Å²) < 4.78 is 18.5. The lowest BCUT2D eigenvalue weighted by molar-refractivity contribution is 0.00578. The molecule has 3 aliphatic heterocycles. The molecule has 2 fully saturated rings. The van der Waals surface area contributed by atoms with Crippen molar-refractivity contribution in [1.29, 1.82) is 0 Å². The van der Waals surface area contributed by atoms with E-state index in [0.717, 1.165) is 24.1 Å². The summed E-state index contributed by atoms with van der Waals surface area (Å²) in [6.45, 7) is 12.7. The number of halogens is 1. The van der Waals surface area contributed by atoms with Crippen LogP contribution in [-0.4, -0.2) is 73.4 Å². The van der Waals surface area contributed by atoms with Crippen LogP contribution in [0.2, 0.25) is 5.02 Å². The number of fused-ring (bicyclic) bond motifs is 2. The van der Waals surface area contributed by atoms with Gasteiger partial charge < -0.3 is 23.8 Å². The van der Waals surface area contributed by atoms with Gasteiger partial charge in [-0.2, -0.15) is 0 Å². The third-order valence-electron chi connectivity index (χ3n) is 6.61. The van der Waals surface area contributed by atoms with Crippen LogP contribution in [0.15, 0.2) is 6.07 Å². The smallest absolute Gasteiger partial charge is 0.489 e. The molecule has 3 heterocycles. The molecule has 0 radical (unpaired) electrons. The Labute approximate surface area is 172 Å². The molecule has 1 aromatic rings. The number of carbonyl (C=O) groups excluding carboxylic acids is 1. The molecule has 6 nitrogen and oxygen atoms in total. The van der Waals surface area contributed by atoms with E-state index in [4.69, 9.17) is 25.6 Å². The molecule has 1 aromatic carbocycles. The van der Waals surface area contributed by atoms with Gasteiger partial charge in [-0.1, -0.05) is 11.6 Å². The number of carbonyl (C=O) groups is 1. The van der Waals surface area contributed by atoms with Crippen LogP contribution in [0.4, 0.5) is 0 Å². The van der Waals surface area contributed by atoms with E-state index in [2.05, 4.69) is 11.9 Å². The van der Waals surface area contributed by atoms with Gasteiger partial charge in [-0.15, -0.1) is 0 Å². The van der Waals surface area contributed by atoms with E-state index in [-0.39, 0.29) is 11.9 Å². The fourth-order valence-electron chi connectivity index (χ4n) is 4.01. The number of nitrogens with zero attached hydrogens (tertiary/aromatic N) is 2. The second kappa shape index (κ2) is 6.62. The molecule has 0 unspecified atom stereocenters. The molecule has 2 saturated heterocycles. The second-order valence-electron chi connectivity index (χ2n) is 9.10. The number of hydrogen-bond acceptors (Lipinski definition) is 5. The van der Waals surface area contributed by atoms with Gasteiger partial charge in [0.1, 0.15) is 6.61 Å². The number of likely N-dealkylation sites (N-methyl/N-ethyl adjacent to an activating group) is 1. The van der Waals surface area contributed by atoms with Crippen molar-refractivity contribution in [2.45, 2.75) is 51.9 Å². The number of hydrogen-bond donors (Lipinski definition) is 0. The molecule has 0 spiro atoms. The molecule has 1 amide bonds. The van der Waals surface area contributed by atoms with Crippen LogP contribution in [0.1, 0.15) is 43.6 Å². The molecule has 0 bridgehead atoms. The normalized spacial score (nSPS) is 26.5. The Kier molecular flexibility index (Phi) is 4.74. The summed E-state index contributed by atoms with van der Waals surface area (Å²) >= 11 is 6.68. The van der Waals surface area contributed by atoms with Gasteiger partial charge in [0.25, 0.3) is 5.91 Å². The largest absolute Gasteiger partial charge is 0.495 e. The van der Waals surface area contributed by atoms with E-state index < -0.39 is 18.3 Å². The molecule has 4 rings (SSSR count). The van der Waals surface area contributed by atoms with Gasteiger partial charge in [0.2, 0.25) is 0 Å². The molecule has 0 N–H and O–H groups in total. The highest BCUT2D eigenvalue weighted by Crippen LogP contribution is 2.39. The highest BCUT2D eigenvalue weighted by molar-refractivity contribution is 6.63. The summed E-state index contributed by atoms with van der Waals surface area (Å²) in [6.07, 6.45) is 0. The second-order valence-corrected chi connectivity index (χ2v) is 9.47. The lowest BCUT2D eigenvalue weighted by Gasteiger charge is -2.38. The van der Waals surface area contributed by atoms with Crippen molar-refractivity contribution in [1.82, 2.24) is 9.80 Å². The van der Waals surface area contributed by atoms with Crippen molar-refractivity contribution < 1.29 is 18.8 Å². The molecule has 28 heavy (non-hydrogen) atoms. The molecule has 8 heteroatoms. The number of benzene rings is 1. The van der Waals surface area contributed by atoms with Crippen molar-refractivity contribution in [2.75, 3.05) is 33.3 Å². The van der Waals surface area contributed by atoms with Crippen LogP contribution in [0.25, 0.3) is 0 Å². The zero-order valence-electron chi connectivity index (χ0n) is 17.5.